The molecule has 0 heterocycles. The third-order valence-corrected chi connectivity index (χ3v) is 0.471. The molecule has 0 unspecified atom stereocenters. The van der Waals surface area contributed by atoms with Gasteiger partial charge in [-0.15, -0.1) is 0 Å². The zero-order valence-electron chi connectivity index (χ0n) is 3.52. The summed E-state index contributed by atoms with van der Waals surface area (Å²) in [6, 6.07) is 0. The molecule has 0 aliphatic heterocycles. The Hall–Kier alpha value is 0.452. The molecule has 2 nitrogen and oxygen atoms in total. The molecule has 30 valence electrons. The first-order chi connectivity index (χ1) is 2.41. The summed E-state index contributed by atoms with van der Waals surface area (Å²) in [4.78, 5) is 0. The van der Waals surface area contributed by atoms with Crippen molar-refractivity contribution in [3.05, 3.63) is 0 Å². The first-order valence-corrected chi connectivity index (χ1v) is 2.21. The molecule has 0 aliphatic carbocycles. The number of methoxy groups -OCH3 is 1. The lowest BCUT2D eigenvalue weighted by atomic mass is 11.4. The van der Waals surface area contributed by atoms with Crippen LogP contribution in [0.2, 0.25) is 0 Å². The number of hydrogen-bond donors (Lipinski definition) is 0. The van der Waals surface area contributed by atoms with Crippen molar-refractivity contribution in [1.82, 2.24) is 0 Å². The van der Waals surface area contributed by atoms with E-state index >= 15 is 0 Å². The van der Waals surface area contributed by atoms with Gasteiger partial charge in [-0.2, -0.15) is 0 Å². The summed E-state index contributed by atoms with van der Waals surface area (Å²) < 4.78 is 9.11. The molecular formula is C2H7AlO2. The van der Waals surface area contributed by atoms with Crippen LogP contribution in [-0.4, -0.2) is 30.5 Å². The second-order valence-electron chi connectivity index (χ2n) is 0.695. The van der Waals surface area contributed by atoms with Crippen LogP contribution in [0, 0.1) is 0 Å². The van der Waals surface area contributed by atoms with E-state index in [9.17, 15) is 0 Å². The summed E-state index contributed by atoms with van der Waals surface area (Å²) >= 11 is 0.774. The van der Waals surface area contributed by atoms with Crippen molar-refractivity contribution in [2.24, 2.45) is 0 Å². The van der Waals surface area contributed by atoms with Gasteiger partial charge in [0.05, 0.1) is 0 Å². The van der Waals surface area contributed by atoms with Crippen LogP contribution in [0.4, 0.5) is 0 Å². The number of hydrogen-bond acceptors (Lipinski definition) is 2. The van der Waals surface area contributed by atoms with Crippen LogP contribution in [0.3, 0.4) is 0 Å². The largest absolute Gasteiger partial charge is 0.486 e. The van der Waals surface area contributed by atoms with Gasteiger partial charge in [-0.05, 0) is 0 Å². The average Bonchev–Trinajstić information content (AvgIpc) is 1.41. The molecule has 0 radical (unpaired) electrons. The summed E-state index contributed by atoms with van der Waals surface area (Å²) in [5.41, 5.74) is 0. The van der Waals surface area contributed by atoms with Crippen LogP contribution < -0.4 is 0 Å². The lowest BCUT2D eigenvalue weighted by molar-refractivity contribution is 0.0579. The van der Waals surface area contributed by atoms with Crippen molar-refractivity contribution in [2.45, 2.75) is 0 Å². The summed E-state index contributed by atoms with van der Waals surface area (Å²) in [6.45, 7) is 0.451. The molecule has 0 bridgehead atoms. The Morgan fingerprint density at radius 3 is 2.40 bits per heavy atom. The molecule has 0 aromatic rings. The van der Waals surface area contributed by atoms with Crippen LogP contribution >= 0.6 is 0 Å². The standard InChI is InChI=1S/C2H5O2.Al.2H/c1-4-2-3;;;/h2H2,1H3;;;/q-1;+1;;. The van der Waals surface area contributed by atoms with Crippen LogP contribution in [0.5, 0.6) is 0 Å². The Labute approximate surface area is 39.8 Å². The second kappa shape index (κ2) is 4.45. The summed E-state index contributed by atoms with van der Waals surface area (Å²) in [5.74, 6) is 0. The van der Waals surface area contributed by atoms with Crippen molar-refractivity contribution >= 4 is 16.6 Å². The maximum Gasteiger partial charge on any atom is 0.412 e. The maximum atomic E-state index is 4.61. The quantitative estimate of drug-likeness (QED) is 0.325. The fourth-order valence-electron chi connectivity index (χ4n) is 0.118. The van der Waals surface area contributed by atoms with Crippen molar-refractivity contribution in [2.75, 3.05) is 13.9 Å². The van der Waals surface area contributed by atoms with Gasteiger partial charge in [0.2, 0.25) is 0 Å². The Morgan fingerprint density at radius 1 is 1.80 bits per heavy atom. The molecule has 0 aromatic carbocycles. The minimum atomic E-state index is 0.451. The molecule has 0 aromatic heterocycles. The fourth-order valence-corrected chi connectivity index (χ4v) is 0.354. The minimum absolute atomic E-state index is 0.451. The van der Waals surface area contributed by atoms with E-state index in [1.54, 1.807) is 7.11 Å². The zero-order valence-corrected chi connectivity index (χ0v) is 5.52. The molecule has 0 rings (SSSR count). The lowest BCUT2D eigenvalue weighted by Gasteiger charge is -1.89. The van der Waals surface area contributed by atoms with Crippen LogP contribution in [0.1, 0.15) is 0 Å². The van der Waals surface area contributed by atoms with E-state index in [1.807, 2.05) is 0 Å². The SMILES string of the molecule is COC[O][AlH2]. The predicted octanol–water partition coefficient (Wildman–Crippen LogP) is -0.845. The van der Waals surface area contributed by atoms with Crippen LogP contribution in [0.15, 0.2) is 0 Å². The van der Waals surface area contributed by atoms with E-state index in [1.165, 1.54) is 0 Å². The van der Waals surface area contributed by atoms with Gasteiger partial charge in [-0.1, -0.05) is 0 Å². The molecule has 0 fully saturated rings. The Morgan fingerprint density at radius 2 is 2.40 bits per heavy atom. The van der Waals surface area contributed by atoms with Crippen molar-refractivity contribution in [3.63, 3.8) is 0 Å². The summed E-state index contributed by atoms with van der Waals surface area (Å²) in [5, 5.41) is 0. The van der Waals surface area contributed by atoms with Gasteiger partial charge >= 0.3 is 16.6 Å². The Bertz CT molecular complexity index is 15.1. The van der Waals surface area contributed by atoms with Gasteiger partial charge < -0.3 is 8.53 Å². The maximum absolute atomic E-state index is 4.61. The van der Waals surface area contributed by atoms with Crippen LogP contribution in [0.25, 0.3) is 0 Å². The van der Waals surface area contributed by atoms with Gasteiger partial charge in [0.15, 0.2) is 0 Å². The van der Waals surface area contributed by atoms with E-state index in [2.05, 4.69) is 8.53 Å². The zero-order chi connectivity index (χ0) is 4.12. The first kappa shape index (κ1) is 5.45. The molecule has 0 saturated carbocycles. The summed E-state index contributed by atoms with van der Waals surface area (Å²) in [6.07, 6.45) is 0. The topological polar surface area (TPSA) is 18.5 Å². The highest BCUT2D eigenvalue weighted by molar-refractivity contribution is 5.97. The van der Waals surface area contributed by atoms with E-state index in [0.717, 1.165) is 16.6 Å². The van der Waals surface area contributed by atoms with E-state index in [-0.39, 0.29) is 0 Å². The van der Waals surface area contributed by atoms with Gasteiger partial charge in [-0.3, -0.25) is 0 Å². The molecular weight excluding hydrogens is 83.0 g/mol. The molecule has 0 amide bonds. The minimum Gasteiger partial charge on any atom is -0.486 e. The molecule has 5 heavy (non-hydrogen) atoms. The van der Waals surface area contributed by atoms with E-state index < -0.39 is 0 Å². The highest BCUT2D eigenvalue weighted by Crippen LogP contribution is 1.59. The number of rotatable bonds is 2. The predicted molar refractivity (Wildman–Crippen MR) is 21.5 cm³/mol. The van der Waals surface area contributed by atoms with Gasteiger partial charge in [0, 0.05) is 7.11 Å². The van der Waals surface area contributed by atoms with Gasteiger partial charge in [0.1, 0.15) is 6.79 Å². The Balaban J connectivity index is 2.19. The Kier molecular flexibility index (Phi) is 4.86. The highest BCUT2D eigenvalue weighted by Gasteiger charge is 1.63. The monoisotopic (exact) mass is 90.0 g/mol. The molecule has 0 N–H and O–H groups in total. The van der Waals surface area contributed by atoms with Crippen molar-refractivity contribution in [3.8, 4) is 0 Å². The van der Waals surface area contributed by atoms with Crippen molar-refractivity contribution in [1.29, 1.82) is 0 Å². The third-order valence-electron chi connectivity index (χ3n) is 0.236. The lowest BCUT2D eigenvalue weighted by Crippen LogP contribution is -1.89. The highest BCUT2D eigenvalue weighted by atomic mass is 27.1. The molecule has 0 atom stereocenters. The molecule has 0 saturated heterocycles. The van der Waals surface area contributed by atoms with Gasteiger partial charge in [0.25, 0.3) is 0 Å². The van der Waals surface area contributed by atoms with E-state index in [0.29, 0.717) is 6.79 Å². The normalized spacial score (nSPS) is 8.20. The molecule has 0 aliphatic rings. The average molecular weight is 90.1 g/mol. The summed E-state index contributed by atoms with van der Waals surface area (Å²) in [7, 11) is 1.61. The molecule has 3 heteroatoms. The third kappa shape index (κ3) is 4.45. The van der Waals surface area contributed by atoms with Crippen LogP contribution in [-0.2, 0) is 8.53 Å². The number of ether oxygens (including phenoxy) is 1. The second-order valence-corrected chi connectivity index (χ2v) is 1.27. The van der Waals surface area contributed by atoms with Crippen molar-refractivity contribution < 1.29 is 8.53 Å². The fraction of sp³-hybridized carbons (Fsp3) is 1.00. The first-order valence-electron chi connectivity index (χ1n) is 1.39. The molecule has 0 spiro atoms. The van der Waals surface area contributed by atoms with Gasteiger partial charge in [-0.25, -0.2) is 0 Å². The smallest absolute Gasteiger partial charge is 0.412 e. The van der Waals surface area contributed by atoms with E-state index in [4.69, 9.17) is 0 Å².